The average Bonchev–Trinajstić information content (AvgIpc) is 3.86. The molecule has 8 aromatic carbocycles. The van der Waals surface area contributed by atoms with E-state index in [0.29, 0.717) is 0 Å². The lowest BCUT2D eigenvalue weighted by atomic mass is 9.74. The summed E-state index contributed by atoms with van der Waals surface area (Å²) in [6.07, 6.45) is 1.94. The van der Waals surface area contributed by atoms with Gasteiger partial charge in [-0.2, -0.15) is 0 Å². The molecule has 0 saturated carbocycles. The molecule has 0 aliphatic carbocycles. The third-order valence-electron chi connectivity index (χ3n) is 13.7. The molecule has 64 heavy (non-hydrogen) atoms. The smallest absolute Gasteiger partial charge is 0.179 e. The summed E-state index contributed by atoms with van der Waals surface area (Å²) in [5.74, 6) is 1.91. The Morgan fingerprint density at radius 1 is 0.469 bits per heavy atom. The van der Waals surface area contributed by atoms with Gasteiger partial charge >= 0.3 is 0 Å². The Kier molecular flexibility index (Phi) is 8.68. The van der Waals surface area contributed by atoms with Crippen LogP contribution in [-0.4, -0.2) is 27.2 Å². The van der Waals surface area contributed by atoms with Gasteiger partial charge in [0.25, 0.3) is 0 Å². The van der Waals surface area contributed by atoms with E-state index in [1.807, 2.05) is 6.20 Å². The highest BCUT2D eigenvalue weighted by Gasteiger charge is 2.43. The quantitative estimate of drug-likeness (QED) is 0.119. The van der Waals surface area contributed by atoms with Gasteiger partial charge in [0.05, 0.1) is 27.8 Å². The number of nitrogens with zero attached hydrogens (tertiary/aromatic N) is 5. The summed E-state index contributed by atoms with van der Waals surface area (Å²) in [6, 6.07) is 78.1. The van der Waals surface area contributed by atoms with Gasteiger partial charge in [0.15, 0.2) is 8.07 Å². The Balaban J connectivity index is 1.13. The summed E-state index contributed by atoms with van der Waals surface area (Å²) in [5, 5.41) is 7.69. The van der Waals surface area contributed by atoms with Crippen molar-refractivity contribution in [2.24, 2.45) is 7.05 Å². The fourth-order valence-corrected chi connectivity index (χ4v) is 15.5. The van der Waals surface area contributed by atoms with Crippen LogP contribution in [0.25, 0.3) is 49.9 Å². The molecule has 0 fully saturated rings. The first-order valence-electron chi connectivity index (χ1n) is 22.1. The van der Waals surface area contributed by atoms with Gasteiger partial charge in [0, 0.05) is 51.9 Å². The van der Waals surface area contributed by atoms with Gasteiger partial charge in [-0.15, -0.1) is 0 Å². The molecule has 3 aromatic heterocycles. The predicted octanol–water partition coefficient (Wildman–Crippen LogP) is 11.2. The fourth-order valence-electron chi connectivity index (χ4n) is 10.7. The van der Waals surface area contributed by atoms with Crippen LogP contribution in [0.2, 0.25) is 0 Å². The van der Waals surface area contributed by atoms with Crippen LogP contribution < -0.4 is 25.6 Å². The van der Waals surface area contributed by atoms with Gasteiger partial charge in [-0.3, -0.25) is 4.90 Å². The minimum atomic E-state index is -3.03. The number of imidazole rings is 1. The third-order valence-corrected chi connectivity index (χ3v) is 18.4. The standard InChI is InChI=1S/C58H45N5Si/c1-58(2)49-31-19-35-59-57(49)63(55-39-54-48(38-50(55)58)47-30-13-15-33-52(47)62(54)41-21-7-4-8-22-41)42-23-18-29-46(37-42)64(43-24-9-5-10-25-43,44-26-11-6-12-27-44)45-28-17-20-40(36-45)56-60-51-32-14-16-34-53(51)61(56)3/h4-39H,1-3H3. The van der Waals surface area contributed by atoms with E-state index in [0.717, 1.165) is 45.3 Å². The van der Waals surface area contributed by atoms with E-state index in [1.165, 1.54) is 53.7 Å². The van der Waals surface area contributed by atoms with Gasteiger partial charge in [-0.05, 0) is 87.0 Å². The average molecular weight is 840 g/mol. The van der Waals surface area contributed by atoms with E-state index in [4.69, 9.17) is 9.97 Å². The first-order valence-corrected chi connectivity index (χ1v) is 24.1. The lowest BCUT2D eigenvalue weighted by Gasteiger charge is -2.41. The van der Waals surface area contributed by atoms with Crippen molar-refractivity contribution in [2.75, 3.05) is 4.90 Å². The molecule has 306 valence electrons. The maximum atomic E-state index is 5.23. The molecule has 0 atom stereocenters. The predicted molar refractivity (Wildman–Crippen MR) is 269 cm³/mol. The van der Waals surface area contributed by atoms with Crippen LogP contribution in [0.15, 0.2) is 219 Å². The number of aromatic nitrogens is 4. The van der Waals surface area contributed by atoms with Crippen molar-refractivity contribution in [2.45, 2.75) is 19.3 Å². The second-order valence-corrected chi connectivity index (χ2v) is 21.3. The van der Waals surface area contributed by atoms with Crippen molar-refractivity contribution in [3.8, 4) is 17.1 Å². The lowest BCUT2D eigenvalue weighted by molar-refractivity contribution is 0.628. The fraction of sp³-hybridized carbons (Fsp3) is 0.0690. The minimum absolute atomic E-state index is 0.319. The molecule has 0 amide bonds. The van der Waals surface area contributed by atoms with Crippen LogP contribution in [0.1, 0.15) is 25.0 Å². The molecule has 0 bridgehead atoms. The zero-order valence-corrected chi connectivity index (χ0v) is 37.0. The molecular weight excluding hydrogens is 795 g/mol. The molecule has 1 aliphatic rings. The van der Waals surface area contributed by atoms with Gasteiger partial charge in [-0.1, -0.05) is 166 Å². The molecule has 0 N–H and O–H groups in total. The van der Waals surface area contributed by atoms with Crippen LogP contribution in [-0.2, 0) is 12.5 Å². The van der Waals surface area contributed by atoms with E-state index in [2.05, 4.69) is 247 Å². The topological polar surface area (TPSA) is 38.9 Å². The number of benzene rings is 8. The second kappa shape index (κ2) is 14.7. The van der Waals surface area contributed by atoms with Crippen molar-refractivity contribution in [1.29, 1.82) is 0 Å². The second-order valence-electron chi connectivity index (χ2n) is 17.5. The zero-order chi connectivity index (χ0) is 43.0. The van der Waals surface area contributed by atoms with Crippen molar-refractivity contribution >= 4 is 78.9 Å². The molecule has 12 rings (SSSR count). The van der Waals surface area contributed by atoms with Crippen molar-refractivity contribution in [3.05, 3.63) is 230 Å². The molecular formula is C58H45N5Si. The third kappa shape index (κ3) is 5.62. The van der Waals surface area contributed by atoms with Crippen LogP contribution in [0, 0.1) is 0 Å². The monoisotopic (exact) mass is 839 g/mol. The molecule has 0 spiro atoms. The largest absolute Gasteiger partial charge is 0.327 e. The molecule has 11 aromatic rings. The van der Waals surface area contributed by atoms with E-state index in [-0.39, 0.29) is 5.41 Å². The number of para-hydroxylation sites is 4. The molecule has 1 aliphatic heterocycles. The van der Waals surface area contributed by atoms with Crippen LogP contribution >= 0.6 is 0 Å². The number of fused-ring (bicyclic) bond motifs is 6. The molecule has 0 unspecified atom stereocenters. The first kappa shape index (κ1) is 37.9. The summed E-state index contributed by atoms with van der Waals surface area (Å²) < 4.78 is 4.64. The van der Waals surface area contributed by atoms with Crippen LogP contribution in [0.4, 0.5) is 17.2 Å². The van der Waals surface area contributed by atoms with Gasteiger partial charge in [0.1, 0.15) is 11.6 Å². The number of rotatable bonds is 7. The number of hydrogen-bond donors (Lipinski definition) is 0. The molecule has 4 heterocycles. The molecule has 0 saturated heterocycles. The highest BCUT2D eigenvalue weighted by atomic mass is 28.3. The zero-order valence-electron chi connectivity index (χ0n) is 36.0. The lowest BCUT2D eigenvalue weighted by Crippen LogP contribution is -2.74. The van der Waals surface area contributed by atoms with E-state index < -0.39 is 8.07 Å². The Morgan fingerprint density at radius 3 is 1.81 bits per heavy atom. The SMILES string of the molecule is Cn1c(-c2cccc([Si](c3ccccc3)(c3ccccc3)c3cccc(N4c5cc6c(cc5C(C)(C)c5cccnc54)c4ccccc4n6-c4ccccc4)c3)c2)nc2ccccc21. The van der Waals surface area contributed by atoms with Crippen LogP contribution in [0.3, 0.4) is 0 Å². The summed E-state index contributed by atoms with van der Waals surface area (Å²) in [5.41, 5.74) is 11.1. The van der Waals surface area contributed by atoms with Crippen molar-refractivity contribution in [3.63, 3.8) is 0 Å². The Bertz CT molecular complexity index is 3510. The minimum Gasteiger partial charge on any atom is -0.327 e. The summed E-state index contributed by atoms with van der Waals surface area (Å²) >= 11 is 0. The molecule has 5 nitrogen and oxygen atoms in total. The highest BCUT2D eigenvalue weighted by Crippen LogP contribution is 2.53. The normalized spacial score (nSPS) is 13.3. The Labute approximate surface area is 374 Å². The Hall–Kier alpha value is -7.80. The molecule has 6 heteroatoms. The number of hydrogen-bond acceptors (Lipinski definition) is 3. The van der Waals surface area contributed by atoms with E-state index in [1.54, 1.807) is 0 Å². The highest BCUT2D eigenvalue weighted by molar-refractivity contribution is 7.20. The maximum Gasteiger partial charge on any atom is 0.179 e. The summed E-state index contributed by atoms with van der Waals surface area (Å²) in [4.78, 5) is 12.8. The van der Waals surface area contributed by atoms with E-state index in [9.17, 15) is 0 Å². The van der Waals surface area contributed by atoms with Gasteiger partial charge in [0.2, 0.25) is 0 Å². The van der Waals surface area contributed by atoms with Crippen LogP contribution in [0.5, 0.6) is 0 Å². The van der Waals surface area contributed by atoms with Crippen molar-refractivity contribution in [1.82, 2.24) is 19.1 Å². The van der Waals surface area contributed by atoms with Gasteiger partial charge in [-0.25, -0.2) is 9.97 Å². The van der Waals surface area contributed by atoms with E-state index >= 15 is 0 Å². The first-order chi connectivity index (χ1) is 31.4. The Morgan fingerprint density at radius 2 is 1.08 bits per heavy atom. The number of aryl methyl sites for hydroxylation is 1. The summed E-state index contributed by atoms with van der Waals surface area (Å²) in [7, 11) is -0.913. The van der Waals surface area contributed by atoms with Crippen molar-refractivity contribution < 1.29 is 0 Å². The number of anilines is 3. The van der Waals surface area contributed by atoms with Gasteiger partial charge < -0.3 is 9.13 Å². The molecule has 0 radical (unpaired) electrons. The summed E-state index contributed by atoms with van der Waals surface area (Å²) in [6.45, 7) is 4.70. The number of pyridine rings is 1. The maximum absolute atomic E-state index is 5.23.